The van der Waals surface area contributed by atoms with Gasteiger partial charge in [0.25, 0.3) is 0 Å². The van der Waals surface area contributed by atoms with Gasteiger partial charge in [0.1, 0.15) is 5.84 Å². The Labute approximate surface area is 113 Å². The van der Waals surface area contributed by atoms with E-state index >= 15 is 0 Å². The van der Waals surface area contributed by atoms with Crippen molar-refractivity contribution in [3.05, 3.63) is 24.3 Å². The lowest BCUT2D eigenvalue weighted by Crippen LogP contribution is -2.29. The van der Waals surface area contributed by atoms with Gasteiger partial charge in [-0.1, -0.05) is 19.3 Å². The summed E-state index contributed by atoms with van der Waals surface area (Å²) in [6.45, 7) is 0. The van der Waals surface area contributed by atoms with E-state index in [-0.39, 0.29) is 0 Å². The van der Waals surface area contributed by atoms with Gasteiger partial charge in [0.2, 0.25) is 0 Å². The zero-order valence-electron chi connectivity index (χ0n) is 10.7. The van der Waals surface area contributed by atoms with Gasteiger partial charge in [-0.05, 0) is 43.4 Å². The van der Waals surface area contributed by atoms with Crippen LogP contribution < -0.4 is 5.48 Å². The van der Waals surface area contributed by atoms with Crippen LogP contribution in [-0.2, 0) is 0 Å². The summed E-state index contributed by atoms with van der Waals surface area (Å²) in [6, 6.07) is 8.09. The summed E-state index contributed by atoms with van der Waals surface area (Å²) in [5, 5.41) is 9.26. The van der Waals surface area contributed by atoms with Gasteiger partial charge in [-0.3, -0.25) is 10.7 Å². The Morgan fingerprint density at radius 2 is 1.89 bits per heavy atom. The average Bonchev–Trinajstić information content (AvgIpc) is 2.46. The molecule has 1 aromatic rings. The Morgan fingerprint density at radius 3 is 2.44 bits per heavy atom. The highest BCUT2D eigenvalue weighted by Crippen LogP contribution is 2.26. The molecule has 1 aliphatic carbocycles. The minimum absolute atomic E-state index is 0.379. The fourth-order valence-electron chi connectivity index (χ4n) is 2.38. The maximum atomic E-state index is 9.26. The van der Waals surface area contributed by atoms with Crippen molar-refractivity contribution in [2.75, 3.05) is 6.26 Å². The van der Waals surface area contributed by atoms with Gasteiger partial charge < -0.3 is 0 Å². The molecule has 0 unspecified atom stereocenters. The monoisotopic (exact) mass is 264 g/mol. The second-order valence-electron chi connectivity index (χ2n) is 4.64. The van der Waals surface area contributed by atoms with Crippen molar-refractivity contribution in [3.63, 3.8) is 0 Å². The van der Waals surface area contributed by atoms with Gasteiger partial charge in [0, 0.05) is 10.8 Å². The smallest absolute Gasteiger partial charge is 0.129 e. The molecule has 3 nitrogen and oxygen atoms in total. The number of hydrogen-bond acceptors (Lipinski definition) is 3. The van der Waals surface area contributed by atoms with Crippen LogP contribution in [0.3, 0.4) is 0 Å². The average molecular weight is 264 g/mol. The molecule has 98 valence electrons. The maximum absolute atomic E-state index is 9.26. The molecule has 4 heteroatoms. The topological polar surface area (TPSA) is 44.6 Å². The summed E-state index contributed by atoms with van der Waals surface area (Å²) in [4.78, 5) is 5.75. The highest BCUT2D eigenvalue weighted by molar-refractivity contribution is 7.98. The molecule has 0 aromatic heterocycles. The molecule has 1 aromatic carbocycles. The van der Waals surface area contributed by atoms with Crippen molar-refractivity contribution in [1.82, 2.24) is 5.48 Å². The maximum Gasteiger partial charge on any atom is 0.129 e. The van der Waals surface area contributed by atoms with E-state index in [0.29, 0.717) is 11.8 Å². The lowest BCUT2D eigenvalue weighted by atomic mass is 9.88. The first-order valence-electron chi connectivity index (χ1n) is 6.46. The van der Waals surface area contributed by atoms with Crippen molar-refractivity contribution >= 4 is 23.3 Å². The van der Waals surface area contributed by atoms with Crippen LogP contribution in [-0.4, -0.2) is 17.3 Å². The van der Waals surface area contributed by atoms with Crippen molar-refractivity contribution < 1.29 is 5.21 Å². The molecule has 0 saturated heterocycles. The third kappa shape index (κ3) is 3.50. The first-order chi connectivity index (χ1) is 8.83. The molecule has 0 aliphatic heterocycles. The summed E-state index contributed by atoms with van der Waals surface area (Å²) in [5.41, 5.74) is 3.19. The van der Waals surface area contributed by atoms with Crippen LogP contribution in [0.5, 0.6) is 0 Å². The summed E-state index contributed by atoms with van der Waals surface area (Å²) < 4.78 is 0. The van der Waals surface area contributed by atoms with Crippen LogP contribution in [0.4, 0.5) is 5.69 Å². The minimum atomic E-state index is 0.379. The summed E-state index contributed by atoms with van der Waals surface area (Å²) in [6.07, 6.45) is 8.07. The van der Waals surface area contributed by atoms with Crippen LogP contribution in [0, 0.1) is 5.92 Å². The van der Waals surface area contributed by atoms with Crippen LogP contribution in [0.25, 0.3) is 0 Å². The van der Waals surface area contributed by atoms with E-state index in [2.05, 4.69) is 28.9 Å². The van der Waals surface area contributed by atoms with Crippen molar-refractivity contribution in [2.45, 2.75) is 37.0 Å². The lowest BCUT2D eigenvalue weighted by Gasteiger charge is -2.22. The molecule has 2 rings (SSSR count). The molecule has 1 saturated carbocycles. The van der Waals surface area contributed by atoms with Crippen LogP contribution in [0.2, 0.25) is 0 Å². The van der Waals surface area contributed by atoms with Crippen molar-refractivity contribution in [1.29, 1.82) is 0 Å². The molecule has 0 spiro atoms. The van der Waals surface area contributed by atoms with E-state index in [0.717, 1.165) is 18.5 Å². The largest absolute Gasteiger partial charge is 0.290 e. The van der Waals surface area contributed by atoms with E-state index in [1.165, 1.54) is 24.2 Å². The Balaban J connectivity index is 2.11. The predicted molar refractivity (Wildman–Crippen MR) is 76.8 cm³/mol. The molecule has 0 radical (unpaired) electrons. The van der Waals surface area contributed by atoms with Gasteiger partial charge in [0.15, 0.2) is 0 Å². The van der Waals surface area contributed by atoms with Gasteiger partial charge in [0.05, 0.1) is 5.69 Å². The SMILES string of the molecule is CSc1ccc(N=C(NO)C2CCCCC2)cc1. The highest BCUT2D eigenvalue weighted by atomic mass is 32.2. The quantitative estimate of drug-likeness (QED) is 0.375. The molecular formula is C14H20N2OS. The van der Waals surface area contributed by atoms with Crippen molar-refractivity contribution in [3.8, 4) is 0 Å². The second kappa shape index (κ2) is 6.81. The van der Waals surface area contributed by atoms with Gasteiger partial charge in [-0.15, -0.1) is 11.8 Å². The fourth-order valence-corrected chi connectivity index (χ4v) is 2.79. The van der Waals surface area contributed by atoms with E-state index in [9.17, 15) is 5.21 Å². The van der Waals surface area contributed by atoms with Gasteiger partial charge in [-0.2, -0.15) is 0 Å². The summed E-state index contributed by atoms with van der Waals surface area (Å²) in [5.74, 6) is 1.09. The number of thioether (sulfide) groups is 1. The molecule has 0 bridgehead atoms. The van der Waals surface area contributed by atoms with Crippen LogP contribution in [0.1, 0.15) is 32.1 Å². The Hall–Kier alpha value is -1.00. The van der Waals surface area contributed by atoms with E-state index in [1.54, 1.807) is 11.8 Å². The molecule has 2 N–H and O–H groups in total. The number of amidine groups is 1. The van der Waals surface area contributed by atoms with Gasteiger partial charge in [-0.25, -0.2) is 4.99 Å². The van der Waals surface area contributed by atoms with E-state index < -0.39 is 0 Å². The molecule has 0 heterocycles. The third-order valence-corrected chi connectivity index (χ3v) is 4.17. The number of benzene rings is 1. The molecule has 1 fully saturated rings. The third-order valence-electron chi connectivity index (χ3n) is 3.43. The van der Waals surface area contributed by atoms with Gasteiger partial charge >= 0.3 is 0 Å². The standard InChI is InChI=1S/C14H20N2OS/c1-18-13-9-7-12(8-10-13)15-14(16-17)11-5-3-2-4-6-11/h7-11,17H,2-6H2,1H3,(H,15,16). The fraction of sp³-hybridized carbons (Fsp3) is 0.500. The van der Waals surface area contributed by atoms with Crippen LogP contribution >= 0.6 is 11.8 Å². The molecule has 0 amide bonds. The normalized spacial score (nSPS) is 17.8. The lowest BCUT2D eigenvalue weighted by molar-refractivity contribution is 0.222. The Kier molecular flexibility index (Phi) is 5.08. The first kappa shape index (κ1) is 13.4. The number of hydroxylamine groups is 1. The second-order valence-corrected chi connectivity index (χ2v) is 5.52. The van der Waals surface area contributed by atoms with E-state index in [1.807, 2.05) is 12.1 Å². The zero-order valence-corrected chi connectivity index (χ0v) is 11.5. The summed E-state index contributed by atoms with van der Waals surface area (Å²) in [7, 11) is 0. The number of aliphatic imine (C=N–C) groups is 1. The Bertz CT molecular complexity index is 397. The number of nitrogens with zero attached hydrogens (tertiary/aromatic N) is 1. The predicted octanol–water partition coefficient (Wildman–Crippen LogP) is 4.00. The minimum Gasteiger partial charge on any atom is -0.290 e. The molecule has 0 atom stereocenters. The molecule has 18 heavy (non-hydrogen) atoms. The molecule has 1 aliphatic rings. The zero-order chi connectivity index (χ0) is 12.8. The summed E-state index contributed by atoms with van der Waals surface area (Å²) >= 11 is 1.72. The number of hydrogen-bond donors (Lipinski definition) is 2. The van der Waals surface area contributed by atoms with Crippen LogP contribution in [0.15, 0.2) is 34.2 Å². The van der Waals surface area contributed by atoms with Crippen molar-refractivity contribution in [2.24, 2.45) is 10.9 Å². The van der Waals surface area contributed by atoms with E-state index in [4.69, 9.17) is 0 Å². The highest BCUT2D eigenvalue weighted by Gasteiger charge is 2.18. The molecular weight excluding hydrogens is 244 g/mol. The number of rotatable bonds is 3. The first-order valence-corrected chi connectivity index (χ1v) is 7.68. The number of nitrogens with one attached hydrogen (secondary N) is 1. The Morgan fingerprint density at radius 1 is 1.22 bits per heavy atom.